The van der Waals surface area contributed by atoms with E-state index < -0.39 is 0 Å². The Morgan fingerprint density at radius 1 is 0.450 bits per heavy atom. The Morgan fingerprint density at radius 2 is 0.800 bits per heavy atom. The molecule has 20 heavy (non-hydrogen) atoms. The van der Waals surface area contributed by atoms with Crippen LogP contribution >= 0.6 is 0 Å². The third kappa shape index (κ3) is 17.3. The predicted octanol–water partition coefficient (Wildman–Crippen LogP) is -0.534. The maximum absolute atomic E-state index is 7.55. The maximum atomic E-state index is 7.55. The topological polar surface area (TPSA) is 179 Å². The summed E-state index contributed by atoms with van der Waals surface area (Å²) >= 11 is 0. The van der Waals surface area contributed by atoms with Crippen molar-refractivity contribution in [2.75, 3.05) is 13.2 Å². The van der Waals surface area contributed by atoms with Crippen molar-refractivity contribution in [3.05, 3.63) is 0 Å². The van der Waals surface area contributed by atoms with E-state index in [2.05, 4.69) is 75.3 Å². The molecular formula is C3H8O17. The van der Waals surface area contributed by atoms with Gasteiger partial charge in [0.25, 0.3) is 0 Å². The molecule has 17 nitrogen and oxygen atoms in total. The summed E-state index contributed by atoms with van der Waals surface area (Å²) < 4.78 is 0. The normalized spacial score (nSPS) is 11.1. The first-order valence-corrected chi connectivity index (χ1v) is 4.11. The maximum Gasteiger partial charge on any atom is 0.0878 e. The SMILES string of the molecule is OOOOOOOOCCCOOOOOOOOO. The second kappa shape index (κ2) is 18.3. The lowest BCUT2D eigenvalue weighted by Gasteiger charge is -2.01. The van der Waals surface area contributed by atoms with Crippen molar-refractivity contribution in [1.82, 2.24) is 0 Å². The van der Waals surface area contributed by atoms with Crippen molar-refractivity contribution >= 4 is 0 Å². The van der Waals surface area contributed by atoms with Gasteiger partial charge in [0.2, 0.25) is 0 Å². The van der Waals surface area contributed by atoms with Crippen LogP contribution in [0.15, 0.2) is 0 Å². The summed E-state index contributed by atoms with van der Waals surface area (Å²) in [5.74, 6) is 0. The van der Waals surface area contributed by atoms with E-state index in [9.17, 15) is 0 Å². The van der Waals surface area contributed by atoms with E-state index in [1.54, 1.807) is 0 Å². The molecule has 0 saturated heterocycles. The lowest BCUT2D eigenvalue weighted by Crippen LogP contribution is -2.05. The molecule has 2 N–H and O–H groups in total. The summed E-state index contributed by atoms with van der Waals surface area (Å²) in [5, 5.41) is 60.2. The molecule has 0 aliphatic heterocycles. The molecular weight excluding hydrogens is 308 g/mol. The molecule has 122 valence electrons. The number of hydrogen-bond acceptors (Lipinski definition) is 17. The van der Waals surface area contributed by atoms with Crippen molar-refractivity contribution in [3.63, 3.8) is 0 Å². The largest absolute Gasteiger partial charge is 0.219 e. The highest BCUT2D eigenvalue weighted by Crippen LogP contribution is 1.92. The highest BCUT2D eigenvalue weighted by Gasteiger charge is 1.97. The summed E-state index contributed by atoms with van der Waals surface area (Å²) in [6.45, 7) is -0.0745. The van der Waals surface area contributed by atoms with E-state index in [1.165, 1.54) is 0 Å². The first-order valence-electron chi connectivity index (χ1n) is 4.11. The summed E-state index contributed by atoms with van der Waals surface area (Å²) in [6, 6.07) is 0. The lowest BCUT2D eigenvalue weighted by atomic mass is 10.5. The molecule has 0 aliphatic rings. The Hall–Kier alpha value is -0.680. The average Bonchev–Trinajstić information content (AvgIpc) is 2.47. The standard InChI is InChI=1S/C3H8O17/c4-8-12-16-18-14-10-6-2-1-3-7-11-15-19-20-17-13-9-5/h4-5H,1-3H2. The molecule has 0 heterocycles. The van der Waals surface area contributed by atoms with Gasteiger partial charge in [-0.1, -0.05) is 0 Å². The average molecular weight is 316 g/mol. The molecule has 0 bridgehead atoms. The van der Waals surface area contributed by atoms with Crippen LogP contribution in [0, 0.1) is 0 Å². The summed E-state index contributed by atoms with van der Waals surface area (Å²) in [5.41, 5.74) is 0. The van der Waals surface area contributed by atoms with Crippen LogP contribution in [0.5, 0.6) is 0 Å². The van der Waals surface area contributed by atoms with Crippen molar-refractivity contribution in [2.24, 2.45) is 0 Å². The Labute approximate surface area is 107 Å². The van der Waals surface area contributed by atoms with Crippen molar-refractivity contribution in [2.45, 2.75) is 6.42 Å². The van der Waals surface area contributed by atoms with Crippen LogP contribution in [0.25, 0.3) is 0 Å². The number of rotatable bonds is 17. The Balaban J connectivity index is 2.89. The van der Waals surface area contributed by atoms with Crippen molar-refractivity contribution in [3.8, 4) is 0 Å². The molecule has 0 aliphatic carbocycles. The third-order valence-electron chi connectivity index (χ3n) is 0.862. The summed E-state index contributed by atoms with van der Waals surface area (Å²) in [4.78, 5) is 8.59. The van der Waals surface area contributed by atoms with Gasteiger partial charge in [0.05, 0.1) is 13.2 Å². The molecule has 0 aromatic rings. The minimum absolute atomic E-state index is 0.0355. The second-order valence-electron chi connectivity index (χ2n) is 1.90. The van der Waals surface area contributed by atoms with Gasteiger partial charge in [-0.3, -0.25) is 0 Å². The summed E-state index contributed by atoms with van der Waals surface area (Å²) in [7, 11) is 0. The molecule has 0 aromatic carbocycles. The van der Waals surface area contributed by atoms with Gasteiger partial charge in [0.15, 0.2) is 0 Å². The van der Waals surface area contributed by atoms with Crippen LogP contribution in [-0.4, -0.2) is 23.7 Å². The second-order valence-corrected chi connectivity index (χ2v) is 1.90. The van der Waals surface area contributed by atoms with Gasteiger partial charge in [-0.05, 0) is 65.5 Å². The highest BCUT2D eigenvalue weighted by atomic mass is 17.9. The van der Waals surface area contributed by atoms with E-state index in [0.29, 0.717) is 0 Å². The van der Waals surface area contributed by atoms with Crippen LogP contribution in [0.1, 0.15) is 6.42 Å². The van der Waals surface area contributed by atoms with Crippen LogP contribution in [0.4, 0.5) is 0 Å². The van der Waals surface area contributed by atoms with Gasteiger partial charge in [-0.15, -0.1) is 0 Å². The van der Waals surface area contributed by atoms with Crippen LogP contribution < -0.4 is 0 Å². The molecule has 0 unspecified atom stereocenters. The van der Waals surface area contributed by atoms with Gasteiger partial charge in [0.1, 0.15) is 0 Å². The minimum Gasteiger partial charge on any atom is -0.219 e. The molecule has 0 amide bonds. The van der Waals surface area contributed by atoms with E-state index in [0.717, 1.165) is 0 Å². The third-order valence-corrected chi connectivity index (χ3v) is 0.862. The van der Waals surface area contributed by atoms with E-state index in [-0.39, 0.29) is 19.6 Å². The van der Waals surface area contributed by atoms with E-state index in [4.69, 9.17) is 10.5 Å². The minimum atomic E-state index is -0.0390. The van der Waals surface area contributed by atoms with Crippen LogP contribution in [0.3, 0.4) is 0 Å². The first-order chi connectivity index (χ1) is 9.91. The lowest BCUT2D eigenvalue weighted by molar-refractivity contribution is -0.830. The summed E-state index contributed by atoms with van der Waals surface area (Å²) in [6.07, 6.45) is 0.239. The Morgan fingerprint density at radius 3 is 1.20 bits per heavy atom. The van der Waals surface area contributed by atoms with Gasteiger partial charge in [-0.2, -0.15) is 0 Å². The van der Waals surface area contributed by atoms with E-state index in [1.807, 2.05) is 0 Å². The molecule has 0 rings (SSSR count). The Kier molecular flexibility index (Phi) is 17.7. The fourth-order valence-electron chi connectivity index (χ4n) is 0.388. The zero-order chi connectivity index (χ0) is 14.7. The van der Waals surface area contributed by atoms with Crippen LogP contribution in [-0.2, 0) is 75.3 Å². The van der Waals surface area contributed by atoms with Crippen LogP contribution in [0.2, 0.25) is 0 Å². The molecule has 0 fully saturated rings. The number of hydrogen-bond donors (Lipinski definition) is 2. The smallest absolute Gasteiger partial charge is 0.0878 e. The fourth-order valence-corrected chi connectivity index (χ4v) is 0.388. The van der Waals surface area contributed by atoms with Gasteiger partial charge >= 0.3 is 0 Å². The molecule has 0 atom stereocenters. The Bertz CT molecular complexity index is 144. The van der Waals surface area contributed by atoms with Gasteiger partial charge in [-0.25, -0.2) is 20.3 Å². The van der Waals surface area contributed by atoms with Gasteiger partial charge < -0.3 is 0 Å². The van der Waals surface area contributed by atoms with Crippen molar-refractivity contribution < 1.29 is 85.8 Å². The zero-order valence-electron chi connectivity index (χ0n) is 9.14. The van der Waals surface area contributed by atoms with E-state index >= 15 is 0 Å². The fraction of sp³-hybridized carbons (Fsp3) is 1.00. The van der Waals surface area contributed by atoms with Gasteiger partial charge in [0, 0.05) is 6.42 Å². The highest BCUT2D eigenvalue weighted by molar-refractivity contribution is 4.25. The molecule has 0 radical (unpaired) electrons. The molecule has 17 heteroatoms. The van der Waals surface area contributed by atoms with Crippen molar-refractivity contribution in [1.29, 1.82) is 0 Å². The zero-order valence-corrected chi connectivity index (χ0v) is 9.14. The predicted molar refractivity (Wildman–Crippen MR) is 35.9 cm³/mol. The molecule has 0 saturated carbocycles. The monoisotopic (exact) mass is 316 g/mol. The quantitative estimate of drug-likeness (QED) is 0.198. The first kappa shape index (κ1) is 19.3. The molecule has 0 spiro atoms. The molecule has 0 aromatic heterocycles.